The maximum absolute atomic E-state index is 12.5. The highest BCUT2D eigenvalue weighted by atomic mass is 31.2. The number of allylic oxidation sites excluding steroid dienone is 2. The summed E-state index contributed by atoms with van der Waals surface area (Å²) in [6.07, 6.45) is 3.23. The molecular formula is C12H22NO4P. The summed E-state index contributed by atoms with van der Waals surface area (Å²) in [5.41, 5.74) is 0. The summed E-state index contributed by atoms with van der Waals surface area (Å²) in [5.74, 6) is -0.311. The lowest BCUT2D eigenvalue weighted by atomic mass is 10.4. The van der Waals surface area contributed by atoms with Gasteiger partial charge in [0.05, 0.1) is 13.2 Å². The molecule has 0 saturated carbocycles. The van der Waals surface area contributed by atoms with E-state index in [0.717, 1.165) is 25.7 Å². The van der Waals surface area contributed by atoms with Gasteiger partial charge in [0, 0.05) is 0 Å². The SMILES string of the molecule is CCCCOP(=O)(OCCCC)C(C#N)=C(C)O. The van der Waals surface area contributed by atoms with Crippen LogP contribution in [0.5, 0.6) is 0 Å². The third-order valence-corrected chi connectivity index (χ3v) is 4.26. The number of nitriles is 1. The van der Waals surface area contributed by atoms with Gasteiger partial charge in [-0.05, 0) is 19.8 Å². The molecule has 0 spiro atoms. The van der Waals surface area contributed by atoms with E-state index in [1.54, 1.807) is 6.07 Å². The number of nitrogens with zero attached hydrogens (tertiary/aromatic N) is 1. The van der Waals surface area contributed by atoms with Crippen molar-refractivity contribution in [3.63, 3.8) is 0 Å². The summed E-state index contributed by atoms with van der Waals surface area (Å²) in [6.45, 7) is 5.75. The molecule has 0 aliphatic rings. The van der Waals surface area contributed by atoms with Gasteiger partial charge in [-0.2, -0.15) is 5.26 Å². The van der Waals surface area contributed by atoms with Crippen LogP contribution in [0.4, 0.5) is 0 Å². The molecule has 1 N–H and O–H groups in total. The van der Waals surface area contributed by atoms with Crippen LogP contribution in [0.3, 0.4) is 0 Å². The van der Waals surface area contributed by atoms with Crippen molar-refractivity contribution in [3.05, 3.63) is 11.1 Å². The molecule has 104 valence electrons. The smallest absolute Gasteiger partial charge is 0.375 e. The van der Waals surface area contributed by atoms with Crippen LogP contribution >= 0.6 is 7.60 Å². The highest BCUT2D eigenvalue weighted by molar-refractivity contribution is 7.58. The third kappa shape index (κ3) is 5.68. The molecule has 0 atom stereocenters. The molecule has 0 heterocycles. The molecule has 18 heavy (non-hydrogen) atoms. The zero-order valence-corrected chi connectivity index (χ0v) is 12.2. The Kier molecular flexibility index (Phi) is 8.74. The van der Waals surface area contributed by atoms with E-state index in [0.29, 0.717) is 0 Å². The van der Waals surface area contributed by atoms with Gasteiger partial charge in [-0.1, -0.05) is 26.7 Å². The lowest BCUT2D eigenvalue weighted by Crippen LogP contribution is -2.02. The van der Waals surface area contributed by atoms with Crippen molar-refractivity contribution >= 4 is 7.60 Å². The van der Waals surface area contributed by atoms with Crippen LogP contribution in [0.25, 0.3) is 0 Å². The van der Waals surface area contributed by atoms with E-state index in [2.05, 4.69) is 0 Å². The fourth-order valence-corrected chi connectivity index (χ4v) is 2.76. The first-order chi connectivity index (χ1) is 8.51. The minimum Gasteiger partial charge on any atom is -0.511 e. The van der Waals surface area contributed by atoms with Crippen LogP contribution in [0.1, 0.15) is 46.5 Å². The van der Waals surface area contributed by atoms with Gasteiger partial charge in [-0.3, -0.25) is 4.57 Å². The van der Waals surface area contributed by atoms with Crippen molar-refractivity contribution in [1.82, 2.24) is 0 Å². The third-order valence-electron chi connectivity index (χ3n) is 2.24. The number of aliphatic hydroxyl groups is 1. The minimum absolute atomic E-state index is 0.248. The zero-order chi connectivity index (χ0) is 14.0. The Balaban J connectivity index is 4.86. The predicted molar refractivity (Wildman–Crippen MR) is 70.3 cm³/mol. The van der Waals surface area contributed by atoms with Gasteiger partial charge in [-0.15, -0.1) is 0 Å². The first-order valence-electron chi connectivity index (χ1n) is 6.21. The van der Waals surface area contributed by atoms with Crippen molar-refractivity contribution in [2.24, 2.45) is 0 Å². The Morgan fingerprint density at radius 1 is 1.22 bits per heavy atom. The zero-order valence-electron chi connectivity index (χ0n) is 11.3. The Morgan fingerprint density at radius 2 is 1.67 bits per heavy atom. The number of hydrogen-bond donors (Lipinski definition) is 1. The molecule has 0 aliphatic heterocycles. The summed E-state index contributed by atoms with van der Waals surface area (Å²) in [6, 6.07) is 1.71. The molecule has 5 nitrogen and oxygen atoms in total. The van der Waals surface area contributed by atoms with E-state index in [9.17, 15) is 9.67 Å². The minimum atomic E-state index is -3.68. The van der Waals surface area contributed by atoms with Crippen molar-refractivity contribution in [3.8, 4) is 6.07 Å². The Bertz CT molecular complexity index is 342. The number of rotatable bonds is 9. The van der Waals surface area contributed by atoms with Crippen LogP contribution in [0.2, 0.25) is 0 Å². The highest BCUT2D eigenvalue weighted by Gasteiger charge is 2.32. The Hall–Kier alpha value is -0.820. The lowest BCUT2D eigenvalue weighted by molar-refractivity contribution is 0.205. The number of hydrogen-bond acceptors (Lipinski definition) is 5. The summed E-state index contributed by atoms with van der Waals surface area (Å²) in [4.78, 5) is 0. The van der Waals surface area contributed by atoms with E-state index in [1.807, 2.05) is 13.8 Å². The van der Waals surface area contributed by atoms with Crippen LogP contribution in [0.15, 0.2) is 11.1 Å². The van der Waals surface area contributed by atoms with Gasteiger partial charge in [0.25, 0.3) is 0 Å². The first-order valence-corrected chi connectivity index (χ1v) is 7.75. The molecule has 0 fully saturated rings. The predicted octanol–water partition coefficient (Wildman–Crippen LogP) is 4.13. The molecule has 0 aromatic rings. The van der Waals surface area contributed by atoms with Gasteiger partial charge in [0.2, 0.25) is 0 Å². The van der Waals surface area contributed by atoms with Crippen LogP contribution in [0, 0.1) is 11.3 Å². The largest absolute Gasteiger partial charge is 0.511 e. The maximum atomic E-state index is 12.5. The summed E-state index contributed by atoms with van der Waals surface area (Å²) in [5, 5.41) is 18.0. The summed E-state index contributed by atoms with van der Waals surface area (Å²) < 4.78 is 22.9. The number of aliphatic hydroxyl groups excluding tert-OH is 1. The standard InChI is InChI=1S/C12H22NO4P/c1-4-6-8-16-18(15,17-9-7-5-2)12(10-13)11(3)14/h14H,4-9H2,1-3H3. The van der Waals surface area contributed by atoms with E-state index >= 15 is 0 Å². The first kappa shape index (κ1) is 17.2. The fourth-order valence-electron chi connectivity index (χ4n) is 1.16. The maximum Gasteiger partial charge on any atom is 0.375 e. The van der Waals surface area contributed by atoms with Gasteiger partial charge in [-0.25, -0.2) is 0 Å². The second kappa shape index (κ2) is 9.16. The molecule has 6 heteroatoms. The van der Waals surface area contributed by atoms with Crippen molar-refractivity contribution < 1.29 is 18.7 Å². The molecule has 0 unspecified atom stereocenters. The molecule has 0 aromatic heterocycles. The molecule has 0 rings (SSSR count). The van der Waals surface area contributed by atoms with Gasteiger partial charge >= 0.3 is 7.60 Å². The van der Waals surface area contributed by atoms with Gasteiger partial charge in [0.15, 0.2) is 5.31 Å². The average molecular weight is 275 g/mol. The van der Waals surface area contributed by atoms with E-state index < -0.39 is 7.60 Å². The van der Waals surface area contributed by atoms with Gasteiger partial charge < -0.3 is 14.2 Å². The average Bonchev–Trinajstić information content (AvgIpc) is 2.30. The van der Waals surface area contributed by atoms with Gasteiger partial charge in [0.1, 0.15) is 11.8 Å². The normalized spacial score (nSPS) is 13.0. The van der Waals surface area contributed by atoms with E-state index in [1.165, 1.54) is 6.92 Å². The van der Waals surface area contributed by atoms with Crippen molar-refractivity contribution in [2.45, 2.75) is 46.5 Å². The van der Waals surface area contributed by atoms with E-state index in [-0.39, 0.29) is 24.3 Å². The summed E-state index contributed by atoms with van der Waals surface area (Å²) in [7, 11) is -3.68. The highest BCUT2D eigenvalue weighted by Crippen LogP contribution is 2.56. The van der Waals surface area contributed by atoms with Crippen LogP contribution in [-0.4, -0.2) is 18.3 Å². The molecule has 0 amide bonds. The summed E-state index contributed by atoms with van der Waals surface area (Å²) >= 11 is 0. The molecular weight excluding hydrogens is 253 g/mol. The van der Waals surface area contributed by atoms with Crippen LogP contribution in [-0.2, 0) is 13.6 Å². The molecule has 0 radical (unpaired) electrons. The second-order valence-electron chi connectivity index (χ2n) is 3.92. The van der Waals surface area contributed by atoms with Crippen molar-refractivity contribution in [1.29, 1.82) is 5.26 Å². The van der Waals surface area contributed by atoms with Crippen molar-refractivity contribution in [2.75, 3.05) is 13.2 Å². The molecule has 0 saturated heterocycles. The van der Waals surface area contributed by atoms with E-state index in [4.69, 9.17) is 14.3 Å². The topological polar surface area (TPSA) is 79.5 Å². The Morgan fingerprint density at radius 3 is 1.94 bits per heavy atom. The Labute approximate surface area is 109 Å². The monoisotopic (exact) mass is 275 g/mol. The fraction of sp³-hybridized carbons (Fsp3) is 0.750. The lowest BCUT2D eigenvalue weighted by Gasteiger charge is -2.17. The second-order valence-corrected chi connectivity index (χ2v) is 5.88. The molecule has 0 aliphatic carbocycles. The molecule has 0 aromatic carbocycles. The molecule has 0 bridgehead atoms. The quantitative estimate of drug-likeness (QED) is 0.296. The number of unbranched alkanes of at least 4 members (excludes halogenated alkanes) is 2. The van der Waals surface area contributed by atoms with Crippen LogP contribution < -0.4 is 0 Å².